The van der Waals surface area contributed by atoms with Crippen molar-refractivity contribution in [2.45, 2.75) is 20.0 Å². The normalized spacial score (nSPS) is 15.9. The molecule has 0 saturated heterocycles. The second kappa shape index (κ2) is 8.64. The predicted molar refractivity (Wildman–Crippen MR) is 125 cm³/mol. The van der Waals surface area contributed by atoms with Gasteiger partial charge < -0.3 is 14.2 Å². The molecule has 2 aliphatic heterocycles. The van der Waals surface area contributed by atoms with E-state index in [1.807, 2.05) is 37.3 Å². The van der Waals surface area contributed by atoms with Gasteiger partial charge in [0.25, 0.3) is 5.69 Å². The lowest BCUT2D eigenvalue weighted by atomic mass is 9.98. The van der Waals surface area contributed by atoms with Gasteiger partial charge in [0.15, 0.2) is 5.76 Å². The van der Waals surface area contributed by atoms with E-state index in [4.69, 9.17) is 14.2 Å². The number of ether oxygens (including phenoxy) is 3. The van der Waals surface area contributed by atoms with Crippen LogP contribution in [0.15, 0.2) is 60.4 Å². The maximum absolute atomic E-state index is 13.1. The van der Waals surface area contributed by atoms with Crippen molar-refractivity contribution in [3.8, 4) is 17.2 Å². The second-order valence-electron chi connectivity index (χ2n) is 8.27. The minimum Gasteiger partial charge on any atom is -0.497 e. The Kier molecular flexibility index (Phi) is 5.51. The lowest BCUT2D eigenvalue weighted by molar-refractivity contribution is -0.384. The number of non-ortho nitro benzene ring substituents is 1. The number of Topliss-reactive ketones (excluding diaryl/α,β-unsaturated/α-hetero) is 1. The quantitative estimate of drug-likeness (QED) is 0.306. The summed E-state index contributed by atoms with van der Waals surface area (Å²) < 4.78 is 17.3. The standard InChI is InChI=1S/C26H22N2O6/c1-16-11-22-21(14-27(15-33-22)13-18-5-9-20(32-2)10-6-18)26-24(16)25(29)23(34-26)12-17-3-7-19(8-4-17)28(30)31/h3-12H,13-15H2,1-2H3/b23-12-. The number of aryl methyl sites for hydroxylation is 1. The average molecular weight is 458 g/mol. The van der Waals surface area contributed by atoms with E-state index in [9.17, 15) is 14.9 Å². The third kappa shape index (κ3) is 3.99. The summed E-state index contributed by atoms with van der Waals surface area (Å²) in [5.74, 6) is 2.02. The Labute approximate surface area is 196 Å². The number of nitrogens with zero attached hydrogens (tertiary/aromatic N) is 2. The van der Waals surface area contributed by atoms with Crippen LogP contribution in [0, 0.1) is 17.0 Å². The van der Waals surface area contributed by atoms with Crippen molar-refractivity contribution in [2.24, 2.45) is 0 Å². The van der Waals surface area contributed by atoms with Crippen LogP contribution in [0.5, 0.6) is 17.2 Å². The molecule has 2 aliphatic rings. The summed E-state index contributed by atoms with van der Waals surface area (Å²) >= 11 is 0. The summed E-state index contributed by atoms with van der Waals surface area (Å²) in [5.41, 5.74) is 3.90. The van der Waals surface area contributed by atoms with E-state index in [-0.39, 0.29) is 17.2 Å². The van der Waals surface area contributed by atoms with Crippen LogP contribution in [-0.2, 0) is 13.1 Å². The van der Waals surface area contributed by atoms with Gasteiger partial charge in [0, 0.05) is 25.2 Å². The fraction of sp³-hybridized carbons (Fsp3) is 0.192. The number of rotatable bonds is 5. The fourth-order valence-corrected chi connectivity index (χ4v) is 4.21. The molecule has 0 saturated carbocycles. The van der Waals surface area contributed by atoms with Gasteiger partial charge in [-0.05, 0) is 60.0 Å². The Hall–Kier alpha value is -4.17. The summed E-state index contributed by atoms with van der Waals surface area (Å²) in [7, 11) is 1.64. The molecule has 3 aromatic carbocycles. The van der Waals surface area contributed by atoms with E-state index in [0.29, 0.717) is 42.4 Å². The zero-order valence-corrected chi connectivity index (χ0v) is 18.7. The molecule has 0 amide bonds. The number of allylic oxidation sites excluding steroid dienone is 1. The summed E-state index contributed by atoms with van der Waals surface area (Å²) in [6.07, 6.45) is 1.61. The summed E-state index contributed by atoms with van der Waals surface area (Å²) in [5, 5.41) is 10.9. The molecule has 0 bridgehead atoms. The topological polar surface area (TPSA) is 91.1 Å². The first-order valence-corrected chi connectivity index (χ1v) is 10.8. The fourth-order valence-electron chi connectivity index (χ4n) is 4.21. The van der Waals surface area contributed by atoms with Crippen molar-refractivity contribution in [3.63, 3.8) is 0 Å². The van der Waals surface area contributed by atoms with Crippen LogP contribution in [0.2, 0.25) is 0 Å². The highest BCUT2D eigenvalue weighted by atomic mass is 16.6. The zero-order valence-electron chi connectivity index (χ0n) is 18.7. The highest BCUT2D eigenvalue weighted by Crippen LogP contribution is 2.44. The van der Waals surface area contributed by atoms with E-state index in [0.717, 1.165) is 22.4 Å². The van der Waals surface area contributed by atoms with Gasteiger partial charge in [-0.1, -0.05) is 12.1 Å². The van der Waals surface area contributed by atoms with Crippen molar-refractivity contribution in [2.75, 3.05) is 13.8 Å². The average Bonchev–Trinajstić information content (AvgIpc) is 3.17. The lowest BCUT2D eigenvalue weighted by Crippen LogP contribution is -2.31. The largest absolute Gasteiger partial charge is 0.497 e. The molecular formula is C26H22N2O6. The number of nitro groups is 1. The van der Waals surface area contributed by atoms with Gasteiger partial charge in [-0.25, -0.2) is 0 Å². The van der Waals surface area contributed by atoms with Crippen LogP contribution >= 0.6 is 0 Å². The number of hydrogen-bond donors (Lipinski definition) is 0. The van der Waals surface area contributed by atoms with Crippen LogP contribution in [0.4, 0.5) is 5.69 Å². The van der Waals surface area contributed by atoms with Crippen molar-refractivity contribution in [1.82, 2.24) is 4.90 Å². The molecule has 3 aromatic rings. The van der Waals surface area contributed by atoms with E-state index in [2.05, 4.69) is 4.90 Å². The van der Waals surface area contributed by atoms with Crippen molar-refractivity contribution in [1.29, 1.82) is 0 Å². The molecule has 0 spiro atoms. The molecule has 172 valence electrons. The number of hydrogen-bond acceptors (Lipinski definition) is 7. The van der Waals surface area contributed by atoms with Crippen molar-refractivity contribution < 1.29 is 23.9 Å². The van der Waals surface area contributed by atoms with Gasteiger partial charge in [0.2, 0.25) is 5.78 Å². The number of benzene rings is 3. The van der Waals surface area contributed by atoms with Crippen LogP contribution < -0.4 is 14.2 Å². The first kappa shape index (κ1) is 21.7. The number of carbonyl (C=O) groups excluding carboxylic acids is 1. The summed E-state index contributed by atoms with van der Waals surface area (Å²) in [6, 6.07) is 15.7. The van der Waals surface area contributed by atoms with Crippen molar-refractivity contribution >= 4 is 17.5 Å². The Morgan fingerprint density at radius 3 is 2.56 bits per heavy atom. The molecule has 0 aliphatic carbocycles. The molecule has 0 aromatic heterocycles. The molecule has 34 heavy (non-hydrogen) atoms. The Morgan fingerprint density at radius 2 is 1.88 bits per heavy atom. The third-order valence-electron chi connectivity index (χ3n) is 5.95. The van der Waals surface area contributed by atoms with Crippen LogP contribution in [0.1, 0.15) is 32.6 Å². The molecule has 8 heteroatoms. The third-order valence-corrected chi connectivity index (χ3v) is 5.95. The molecule has 0 N–H and O–H groups in total. The van der Waals surface area contributed by atoms with Gasteiger partial charge in [-0.3, -0.25) is 19.8 Å². The van der Waals surface area contributed by atoms with E-state index in [1.54, 1.807) is 25.3 Å². The number of carbonyl (C=O) groups is 1. The van der Waals surface area contributed by atoms with Crippen LogP contribution in [-0.4, -0.2) is 29.4 Å². The number of ketones is 1. The molecule has 0 atom stereocenters. The Bertz CT molecular complexity index is 1310. The second-order valence-corrected chi connectivity index (χ2v) is 8.27. The maximum atomic E-state index is 13.1. The number of nitro benzene ring substituents is 1. The summed E-state index contributed by atoms with van der Waals surface area (Å²) in [4.78, 5) is 25.7. The minimum absolute atomic E-state index is 0.0110. The number of fused-ring (bicyclic) bond motifs is 3. The van der Waals surface area contributed by atoms with E-state index >= 15 is 0 Å². The molecular weight excluding hydrogens is 436 g/mol. The lowest BCUT2D eigenvalue weighted by Gasteiger charge is -2.30. The molecule has 0 unspecified atom stereocenters. The monoisotopic (exact) mass is 458 g/mol. The van der Waals surface area contributed by atoms with Gasteiger partial charge in [0.1, 0.15) is 24.0 Å². The van der Waals surface area contributed by atoms with E-state index < -0.39 is 4.92 Å². The molecule has 0 radical (unpaired) electrons. The Balaban J connectivity index is 1.41. The Morgan fingerprint density at radius 1 is 1.15 bits per heavy atom. The molecule has 5 rings (SSSR count). The van der Waals surface area contributed by atoms with E-state index in [1.165, 1.54) is 12.1 Å². The maximum Gasteiger partial charge on any atom is 0.269 e. The molecule has 0 fully saturated rings. The van der Waals surface area contributed by atoms with Gasteiger partial charge in [0.05, 0.1) is 23.2 Å². The van der Waals surface area contributed by atoms with Crippen molar-refractivity contribution in [3.05, 3.63) is 98.3 Å². The first-order valence-electron chi connectivity index (χ1n) is 10.8. The number of methoxy groups -OCH3 is 1. The van der Waals surface area contributed by atoms with Gasteiger partial charge in [-0.2, -0.15) is 0 Å². The zero-order chi connectivity index (χ0) is 23.8. The summed E-state index contributed by atoms with van der Waals surface area (Å²) in [6.45, 7) is 3.53. The smallest absolute Gasteiger partial charge is 0.269 e. The van der Waals surface area contributed by atoms with Crippen LogP contribution in [0.25, 0.3) is 6.08 Å². The molecule has 2 heterocycles. The SMILES string of the molecule is COc1ccc(CN2COc3cc(C)c4c(c3C2)O/C(=C\c2ccc([N+](=O)[O-])cc2)C4=O)cc1. The van der Waals surface area contributed by atoms with Gasteiger partial charge in [-0.15, -0.1) is 0 Å². The van der Waals surface area contributed by atoms with Gasteiger partial charge >= 0.3 is 0 Å². The predicted octanol–water partition coefficient (Wildman–Crippen LogP) is 4.88. The first-order chi connectivity index (χ1) is 16.4. The highest BCUT2D eigenvalue weighted by molar-refractivity contribution is 6.15. The minimum atomic E-state index is -0.461. The molecule has 8 nitrogen and oxygen atoms in total. The van der Waals surface area contributed by atoms with Crippen LogP contribution in [0.3, 0.4) is 0 Å². The highest BCUT2D eigenvalue weighted by Gasteiger charge is 2.35.